The maximum atomic E-state index is 10.7. The van der Waals surface area contributed by atoms with Gasteiger partial charge in [0, 0.05) is 6.54 Å². The summed E-state index contributed by atoms with van der Waals surface area (Å²) in [7, 11) is 2.99. The molecule has 0 aliphatic rings. The molecule has 0 bridgehead atoms. The van der Waals surface area contributed by atoms with E-state index in [1.807, 2.05) is 0 Å². The summed E-state index contributed by atoms with van der Waals surface area (Å²) in [4.78, 5) is 18.9. The first-order valence-electron chi connectivity index (χ1n) is 5.96. The van der Waals surface area contributed by atoms with Crippen LogP contribution in [0.25, 0.3) is 0 Å². The van der Waals surface area contributed by atoms with Gasteiger partial charge < -0.3 is 19.9 Å². The number of aromatic carboxylic acids is 1. The van der Waals surface area contributed by atoms with Crippen LogP contribution in [0.5, 0.6) is 11.8 Å². The average molecular weight is 294 g/mol. The highest BCUT2D eigenvalue weighted by Gasteiger charge is 2.08. The van der Waals surface area contributed by atoms with Gasteiger partial charge in [0.2, 0.25) is 17.7 Å². The number of aromatic nitrogens is 5. The van der Waals surface area contributed by atoms with E-state index >= 15 is 0 Å². The van der Waals surface area contributed by atoms with Gasteiger partial charge in [-0.25, -0.2) is 9.48 Å². The summed E-state index contributed by atoms with van der Waals surface area (Å²) in [5.41, 5.74) is -0.103. The van der Waals surface area contributed by atoms with Crippen molar-refractivity contribution in [1.29, 1.82) is 0 Å². The first-order chi connectivity index (χ1) is 10.1. The van der Waals surface area contributed by atoms with Gasteiger partial charge in [-0.2, -0.15) is 9.97 Å². The fourth-order valence-electron chi connectivity index (χ4n) is 1.48. The van der Waals surface area contributed by atoms with Crippen LogP contribution in [0.2, 0.25) is 0 Å². The van der Waals surface area contributed by atoms with E-state index in [4.69, 9.17) is 14.6 Å². The molecule has 0 radical (unpaired) electrons. The molecule has 0 fully saturated rings. The molecule has 0 aliphatic heterocycles. The van der Waals surface area contributed by atoms with Crippen molar-refractivity contribution in [3.05, 3.63) is 18.0 Å². The fourth-order valence-corrected chi connectivity index (χ4v) is 1.48. The van der Waals surface area contributed by atoms with E-state index in [0.717, 1.165) is 0 Å². The lowest BCUT2D eigenvalue weighted by Gasteiger charge is -2.08. The number of nitrogens with zero attached hydrogens (tertiary/aromatic N) is 5. The predicted octanol–water partition coefficient (Wildman–Crippen LogP) is -0.104. The van der Waals surface area contributed by atoms with Crippen LogP contribution in [0.15, 0.2) is 12.3 Å². The Hall–Kier alpha value is -2.91. The van der Waals surface area contributed by atoms with Crippen LogP contribution in [-0.4, -0.2) is 56.8 Å². The molecule has 2 heterocycles. The van der Waals surface area contributed by atoms with Gasteiger partial charge >= 0.3 is 5.97 Å². The second-order valence-electron chi connectivity index (χ2n) is 3.88. The number of methoxy groups -OCH3 is 2. The molecule has 2 aromatic rings. The zero-order valence-corrected chi connectivity index (χ0v) is 11.5. The maximum Gasteiger partial charge on any atom is 0.358 e. The van der Waals surface area contributed by atoms with Crippen molar-refractivity contribution in [3.8, 4) is 11.8 Å². The number of ether oxygens (including phenoxy) is 2. The quantitative estimate of drug-likeness (QED) is 0.719. The second kappa shape index (κ2) is 6.50. The van der Waals surface area contributed by atoms with Gasteiger partial charge in [0.05, 0.1) is 33.0 Å². The summed E-state index contributed by atoms with van der Waals surface area (Å²) >= 11 is 0. The van der Waals surface area contributed by atoms with Crippen LogP contribution in [0, 0.1) is 0 Å². The predicted molar refractivity (Wildman–Crippen MR) is 70.6 cm³/mol. The van der Waals surface area contributed by atoms with Gasteiger partial charge in [-0.15, -0.1) is 5.10 Å². The Labute approximate surface area is 119 Å². The molecule has 2 N–H and O–H groups in total. The molecule has 10 heteroatoms. The van der Waals surface area contributed by atoms with Crippen LogP contribution in [0.4, 0.5) is 5.95 Å². The van der Waals surface area contributed by atoms with E-state index in [0.29, 0.717) is 30.8 Å². The lowest BCUT2D eigenvalue weighted by molar-refractivity contribution is 0.0690. The summed E-state index contributed by atoms with van der Waals surface area (Å²) in [5.74, 6) is -0.0311. The van der Waals surface area contributed by atoms with Crippen LogP contribution in [0.3, 0.4) is 0 Å². The van der Waals surface area contributed by atoms with E-state index in [1.54, 1.807) is 6.07 Å². The van der Waals surface area contributed by atoms with E-state index in [1.165, 1.54) is 25.1 Å². The number of hydrogen-bond acceptors (Lipinski definition) is 8. The molecule has 112 valence electrons. The molecule has 0 saturated heterocycles. The Morgan fingerprint density at radius 1 is 1.33 bits per heavy atom. The monoisotopic (exact) mass is 294 g/mol. The molecule has 2 rings (SSSR count). The van der Waals surface area contributed by atoms with E-state index in [2.05, 4.69) is 25.6 Å². The summed E-state index contributed by atoms with van der Waals surface area (Å²) in [6, 6.07) is 1.56. The van der Waals surface area contributed by atoms with Crippen LogP contribution in [-0.2, 0) is 6.54 Å². The van der Waals surface area contributed by atoms with Crippen LogP contribution in [0.1, 0.15) is 10.5 Å². The van der Waals surface area contributed by atoms with Gasteiger partial charge in [-0.3, -0.25) is 0 Å². The molecule has 0 aromatic carbocycles. The van der Waals surface area contributed by atoms with Gasteiger partial charge in [0.25, 0.3) is 0 Å². The van der Waals surface area contributed by atoms with Crippen LogP contribution >= 0.6 is 0 Å². The Morgan fingerprint density at radius 3 is 2.52 bits per heavy atom. The van der Waals surface area contributed by atoms with Crippen molar-refractivity contribution in [3.63, 3.8) is 0 Å². The van der Waals surface area contributed by atoms with E-state index < -0.39 is 5.97 Å². The number of rotatable bonds is 7. The first kappa shape index (κ1) is 14.5. The van der Waals surface area contributed by atoms with Gasteiger partial charge in [0.1, 0.15) is 0 Å². The lowest BCUT2D eigenvalue weighted by Crippen LogP contribution is -2.13. The Balaban J connectivity index is 1.94. The van der Waals surface area contributed by atoms with Crippen molar-refractivity contribution in [1.82, 2.24) is 25.0 Å². The van der Waals surface area contributed by atoms with Crippen molar-refractivity contribution in [2.75, 3.05) is 26.1 Å². The minimum absolute atomic E-state index is 0.103. The summed E-state index contributed by atoms with van der Waals surface area (Å²) in [6.07, 6.45) is 1.34. The largest absolute Gasteiger partial charge is 0.481 e. The number of anilines is 1. The highest BCUT2D eigenvalue weighted by atomic mass is 16.5. The molecule has 0 unspecified atom stereocenters. The third-order valence-electron chi connectivity index (χ3n) is 2.48. The number of carboxylic acid groups (broad SMARTS) is 1. The first-order valence-corrected chi connectivity index (χ1v) is 5.96. The summed E-state index contributed by atoms with van der Waals surface area (Å²) in [5, 5.41) is 18.9. The van der Waals surface area contributed by atoms with E-state index in [9.17, 15) is 4.79 Å². The smallest absolute Gasteiger partial charge is 0.358 e. The highest BCUT2D eigenvalue weighted by molar-refractivity contribution is 5.84. The molecule has 0 saturated carbocycles. The van der Waals surface area contributed by atoms with Crippen molar-refractivity contribution < 1.29 is 19.4 Å². The standard InChI is InChI=1S/C11H14N6O4/c1-20-8-5-9(21-2)14-11(13-8)12-3-4-17-6-7(10(18)19)15-16-17/h5-6H,3-4H2,1-2H3,(H,18,19)(H,12,13,14). The molecule has 0 amide bonds. The minimum atomic E-state index is -1.12. The zero-order chi connectivity index (χ0) is 15.2. The lowest BCUT2D eigenvalue weighted by atomic mass is 10.5. The molecule has 2 aromatic heterocycles. The van der Waals surface area contributed by atoms with E-state index in [-0.39, 0.29) is 5.69 Å². The molecule has 10 nitrogen and oxygen atoms in total. The molecular weight excluding hydrogens is 280 g/mol. The molecule has 21 heavy (non-hydrogen) atoms. The molecule has 0 atom stereocenters. The maximum absolute atomic E-state index is 10.7. The molecule has 0 aliphatic carbocycles. The SMILES string of the molecule is COc1cc(OC)nc(NCCn2cc(C(=O)O)nn2)n1. The molecule has 0 spiro atoms. The van der Waals surface area contributed by atoms with Crippen molar-refractivity contribution in [2.24, 2.45) is 0 Å². The number of hydrogen-bond donors (Lipinski definition) is 2. The van der Waals surface area contributed by atoms with Gasteiger partial charge in [0.15, 0.2) is 5.69 Å². The average Bonchev–Trinajstić information content (AvgIpc) is 2.96. The second-order valence-corrected chi connectivity index (χ2v) is 3.88. The highest BCUT2D eigenvalue weighted by Crippen LogP contribution is 2.16. The zero-order valence-electron chi connectivity index (χ0n) is 11.5. The Morgan fingerprint density at radius 2 is 2.00 bits per heavy atom. The van der Waals surface area contributed by atoms with Gasteiger partial charge in [-0.1, -0.05) is 5.21 Å². The van der Waals surface area contributed by atoms with Crippen LogP contribution < -0.4 is 14.8 Å². The topological polar surface area (TPSA) is 124 Å². The number of nitrogens with one attached hydrogen (secondary N) is 1. The Kier molecular flexibility index (Phi) is 4.49. The minimum Gasteiger partial charge on any atom is -0.481 e. The van der Waals surface area contributed by atoms with Gasteiger partial charge in [-0.05, 0) is 0 Å². The van der Waals surface area contributed by atoms with Crippen molar-refractivity contribution >= 4 is 11.9 Å². The number of carbonyl (C=O) groups is 1. The normalized spacial score (nSPS) is 10.2. The summed E-state index contributed by atoms with van der Waals surface area (Å²) in [6.45, 7) is 0.835. The number of carboxylic acids is 1. The summed E-state index contributed by atoms with van der Waals surface area (Å²) < 4.78 is 11.5. The molecular formula is C11H14N6O4. The Bertz CT molecular complexity index is 607. The third-order valence-corrected chi connectivity index (χ3v) is 2.48. The third kappa shape index (κ3) is 3.78. The van der Waals surface area contributed by atoms with Crippen molar-refractivity contribution in [2.45, 2.75) is 6.54 Å². The fraction of sp³-hybridized carbons (Fsp3) is 0.364.